The van der Waals surface area contributed by atoms with Crippen molar-refractivity contribution in [2.24, 2.45) is 5.73 Å². The number of aromatic nitrogens is 2. The minimum Gasteiger partial charge on any atom is -0.397 e. The molecule has 6 heteroatoms. The Bertz CT molecular complexity index is 364. The average molecular weight is 194 g/mol. The number of hydrogen-bond acceptors (Lipinski definition) is 5. The van der Waals surface area contributed by atoms with E-state index in [2.05, 4.69) is 29.0 Å². The van der Waals surface area contributed by atoms with Gasteiger partial charge in [0, 0.05) is 7.05 Å². The zero-order valence-corrected chi connectivity index (χ0v) is 8.04. The molecule has 0 aliphatic rings. The lowest BCUT2D eigenvalue weighted by Crippen LogP contribution is -2.28. The summed E-state index contributed by atoms with van der Waals surface area (Å²) in [6.45, 7) is 7.31. The first-order chi connectivity index (χ1) is 6.57. The second-order valence-electron chi connectivity index (χ2n) is 2.70. The van der Waals surface area contributed by atoms with E-state index >= 15 is 0 Å². The minimum atomic E-state index is 0.332. The maximum atomic E-state index is 5.77. The van der Waals surface area contributed by atoms with Crippen molar-refractivity contribution in [2.75, 3.05) is 12.8 Å². The van der Waals surface area contributed by atoms with Crippen LogP contribution in [0.4, 0.5) is 5.82 Å². The van der Waals surface area contributed by atoms with Crippen molar-refractivity contribution in [3.05, 3.63) is 25.2 Å². The Balaban J connectivity index is 3.00. The number of nitrogens with zero attached hydrogens (tertiary/aromatic N) is 2. The van der Waals surface area contributed by atoms with Crippen LogP contribution in [0.15, 0.2) is 19.5 Å². The summed E-state index contributed by atoms with van der Waals surface area (Å²) in [4.78, 5) is 4.00. The third kappa shape index (κ3) is 1.69. The molecule has 0 fully saturated rings. The van der Waals surface area contributed by atoms with E-state index in [1.165, 1.54) is 6.33 Å². The summed E-state index contributed by atoms with van der Waals surface area (Å²) in [5, 5.41) is 0. The van der Waals surface area contributed by atoms with E-state index in [-0.39, 0.29) is 0 Å². The second kappa shape index (κ2) is 3.84. The SMILES string of the molecule is C=C(N)c1ncn(C(=C)NNC)c1N. The van der Waals surface area contributed by atoms with Crippen molar-refractivity contribution in [2.45, 2.75) is 0 Å². The molecule has 0 unspecified atom stereocenters. The van der Waals surface area contributed by atoms with E-state index in [1.54, 1.807) is 11.6 Å². The molecule has 0 aliphatic heterocycles. The van der Waals surface area contributed by atoms with Gasteiger partial charge in [0.25, 0.3) is 0 Å². The van der Waals surface area contributed by atoms with Crippen molar-refractivity contribution in [3.63, 3.8) is 0 Å². The third-order valence-electron chi connectivity index (χ3n) is 1.67. The molecular weight excluding hydrogens is 180 g/mol. The summed E-state index contributed by atoms with van der Waals surface area (Å²) in [6, 6.07) is 0. The van der Waals surface area contributed by atoms with Crippen LogP contribution in [0.1, 0.15) is 5.69 Å². The van der Waals surface area contributed by atoms with Gasteiger partial charge in [-0.15, -0.1) is 0 Å². The summed E-state index contributed by atoms with van der Waals surface area (Å²) in [6.07, 6.45) is 1.52. The zero-order valence-electron chi connectivity index (χ0n) is 8.04. The fourth-order valence-corrected chi connectivity index (χ4v) is 1.02. The number of nitrogens with two attached hydrogens (primary N) is 2. The first-order valence-electron chi connectivity index (χ1n) is 3.97. The Labute approximate surface area is 82.3 Å². The fourth-order valence-electron chi connectivity index (χ4n) is 1.02. The molecule has 0 saturated heterocycles. The first kappa shape index (κ1) is 10.1. The summed E-state index contributed by atoms with van der Waals surface area (Å²) < 4.78 is 1.57. The Hall–Kier alpha value is -1.95. The summed E-state index contributed by atoms with van der Waals surface area (Å²) in [7, 11) is 1.72. The smallest absolute Gasteiger partial charge is 0.138 e. The van der Waals surface area contributed by atoms with Gasteiger partial charge in [-0.25, -0.2) is 10.4 Å². The van der Waals surface area contributed by atoms with E-state index in [0.29, 0.717) is 23.0 Å². The molecule has 0 spiro atoms. The van der Waals surface area contributed by atoms with Crippen molar-refractivity contribution >= 4 is 17.3 Å². The van der Waals surface area contributed by atoms with Gasteiger partial charge in [-0.2, -0.15) is 0 Å². The highest BCUT2D eigenvalue weighted by Gasteiger charge is 2.09. The highest BCUT2D eigenvalue weighted by atomic mass is 15.4. The van der Waals surface area contributed by atoms with Gasteiger partial charge in [0.2, 0.25) is 0 Å². The molecule has 1 aromatic rings. The molecule has 6 N–H and O–H groups in total. The van der Waals surface area contributed by atoms with Crippen molar-refractivity contribution in [1.82, 2.24) is 20.4 Å². The Morgan fingerprint density at radius 1 is 1.57 bits per heavy atom. The molecule has 14 heavy (non-hydrogen) atoms. The van der Waals surface area contributed by atoms with Crippen LogP contribution in [-0.4, -0.2) is 16.6 Å². The van der Waals surface area contributed by atoms with Crippen LogP contribution in [0.5, 0.6) is 0 Å². The maximum Gasteiger partial charge on any atom is 0.138 e. The highest BCUT2D eigenvalue weighted by Crippen LogP contribution is 2.16. The molecular formula is C8H14N6. The second-order valence-corrected chi connectivity index (χ2v) is 2.70. The normalized spacial score (nSPS) is 9.79. The summed E-state index contributed by atoms with van der Waals surface area (Å²) >= 11 is 0. The lowest BCUT2D eigenvalue weighted by molar-refractivity contribution is 0.716. The topological polar surface area (TPSA) is 93.9 Å². The van der Waals surface area contributed by atoms with Gasteiger partial charge >= 0.3 is 0 Å². The van der Waals surface area contributed by atoms with Gasteiger partial charge in [-0.1, -0.05) is 13.2 Å². The van der Waals surface area contributed by atoms with Crippen molar-refractivity contribution < 1.29 is 0 Å². The molecule has 1 aromatic heterocycles. The van der Waals surface area contributed by atoms with Crippen LogP contribution in [0.2, 0.25) is 0 Å². The van der Waals surface area contributed by atoms with Crippen LogP contribution >= 0.6 is 0 Å². The fraction of sp³-hybridized carbons (Fsp3) is 0.125. The van der Waals surface area contributed by atoms with Gasteiger partial charge in [0.05, 0.1) is 5.70 Å². The lowest BCUT2D eigenvalue weighted by atomic mass is 10.3. The van der Waals surface area contributed by atoms with E-state index in [9.17, 15) is 0 Å². The molecule has 6 nitrogen and oxygen atoms in total. The molecule has 76 valence electrons. The van der Waals surface area contributed by atoms with Crippen LogP contribution in [0, 0.1) is 0 Å². The van der Waals surface area contributed by atoms with E-state index in [1.807, 2.05) is 0 Å². The largest absolute Gasteiger partial charge is 0.397 e. The standard InChI is InChI=1S/C8H14N6/c1-5(9)7-8(10)14(4-12-7)6(2)13-11-3/h4,11,13H,1-2,9-10H2,3H3. The lowest BCUT2D eigenvalue weighted by Gasteiger charge is -2.10. The number of nitrogens with one attached hydrogen (secondary N) is 2. The minimum absolute atomic E-state index is 0.332. The first-order valence-corrected chi connectivity index (χ1v) is 3.97. The van der Waals surface area contributed by atoms with Gasteiger partial charge in [-0.3, -0.25) is 4.57 Å². The van der Waals surface area contributed by atoms with Crippen LogP contribution < -0.4 is 22.3 Å². The van der Waals surface area contributed by atoms with Gasteiger partial charge in [0.1, 0.15) is 23.7 Å². The number of rotatable bonds is 4. The molecule has 0 saturated carbocycles. The third-order valence-corrected chi connectivity index (χ3v) is 1.67. The molecule has 0 aliphatic carbocycles. The Kier molecular flexibility index (Phi) is 2.78. The van der Waals surface area contributed by atoms with Gasteiger partial charge in [-0.05, 0) is 0 Å². The molecule has 1 heterocycles. The highest BCUT2D eigenvalue weighted by molar-refractivity contribution is 5.68. The van der Waals surface area contributed by atoms with Gasteiger partial charge < -0.3 is 16.9 Å². The van der Waals surface area contributed by atoms with Crippen LogP contribution in [-0.2, 0) is 0 Å². The van der Waals surface area contributed by atoms with Gasteiger partial charge in [0.15, 0.2) is 0 Å². The molecule has 1 rings (SSSR count). The van der Waals surface area contributed by atoms with E-state index < -0.39 is 0 Å². The Morgan fingerprint density at radius 2 is 2.21 bits per heavy atom. The number of anilines is 1. The summed E-state index contributed by atoms with van der Waals surface area (Å²) in [5.74, 6) is 0.968. The number of nitrogen functional groups attached to an aromatic ring is 1. The Morgan fingerprint density at radius 3 is 2.64 bits per heavy atom. The molecule has 0 atom stereocenters. The van der Waals surface area contributed by atoms with Crippen molar-refractivity contribution in [1.29, 1.82) is 0 Å². The number of imidazole rings is 1. The predicted octanol–water partition coefficient (Wildman–Crippen LogP) is -0.453. The van der Waals surface area contributed by atoms with Crippen LogP contribution in [0.25, 0.3) is 11.5 Å². The zero-order chi connectivity index (χ0) is 10.7. The summed E-state index contributed by atoms with van der Waals surface area (Å²) in [5.41, 5.74) is 17.6. The maximum absolute atomic E-state index is 5.77. The quantitative estimate of drug-likeness (QED) is 0.487. The van der Waals surface area contributed by atoms with E-state index in [4.69, 9.17) is 11.5 Å². The molecule has 0 bridgehead atoms. The number of hydrazine groups is 1. The van der Waals surface area contributed by atoms with Crippen molar-refractivity contribution in [3.8, 4) is 0 Å². The predicted molar refractivity (Wildman–Crippen MR) is 57.4 cm³/mol. The molecule has 0 amide bonds. The molecule has 0 radical (unpaired) electrons. The molecule has 0 aromatic carbocycles. The number of hydrogen-bond donors (Lipinski definition) is 4. The monoisotopic (exact) mass is 194 g/mol. The average Bonchev–Trinajstić information content (AvgIpc) is 2.47. The van der Waals surface area contributed by atoms with E-state index in [0.717, 1.165) is 0 Å². The van der Waals surface area contributed by atoms with Crippen LogP contribution in [0.3, 0.4) is 0 Å².